The maximum Gasteiger partial charge on any atom is 0.490 e. The number of carbonyl (C=O) groups is 2. The number of hydrogen-bond acceptors (Lipinski definition) is 7. The molecule has 6 rings (SSSR count). The number of hydrogen-bond donors (Lipinski definition) is 3. The molecule has 16 heteroatoms. The molecule has 0 fully saturated rings. The molecule has 2 aromatic carbocycles. The van der Waals surface area contributed by atoms with Crippen molar-refractivity contribution in [1.29, 1.82) is 0 Å². The number of likely N-dealkylation sites (N-methyl/N-ethyl adjacent to an activating group) is 1. The van der Waals surface area contributed by atoms with Gasteiger partial charge >= 0.3 is 18.1 Å². The molecule has 0 unspecified atom stereocenters. The van der Waals surface area contributed by atoms with Gasteiger partial charge in [-0.05, 0) is 56.1 Å². The van der Waals surface area contributed by atoms with Gasteiger partial charge in [0.15, 0.2) is 0 Å². The highest BCUT2D eigenvalue weighted by molar-refractivity contribution is 6.32. The number of ether oxygens (including phenoxy) is 1. The highest BCUT2D eigenvalue weighted by atomic mass is 35.5. The van der Waals surface area contributed by atoms with Crippen molar-refractivity contribution in [3.63, 3.8) is 0 Å². The minimum Gasteiger partial charge on any atom is -0.475 e. The molecule has 11 nitrogen and oxygen atoms in total. The van der Waals surface area contributed by atoms with E-state index in [1.54, 1.807) is 29.1 Å². The molecule has 0 aliphatic carbocycles. The number of nitrogens with zero attached hydrogens (tertiary/aromatic N) is 3. The number of imidazole rings is 1. The minimum atomic E-state index is -5.08. The summed E-state index contributed by atoms with van der Waals surface area (Å²) in [5, 5.41) is 8.20. The molecule has 46 heavy (non-hydrogen) atoms. The maximum absolute atomic E-state index is 15.3. The monoisotopic (exact) mass is 661 g/mol. The van der Waals surface area contributed by atoms with Crippen LogP contribution in [-0.2, 0) is 16.1 Å². The lowest BCUT2D eigenvalue weighted by atomic mass is 10.0. The largest absolute Gasteiger partial charge is 0.490 e. The van der Waals surface area contributed by atoms with Crippen LogP contribution in [0.15, 0.2) is 64.4 Å². The first kappa shape index (κ1) is 32.2. The second-order valence-electron chi connectivity index (χ2n) is 10.2. The van der Waals surface area contributed by atoms with Crippen molar-refractivity contribution >= 4 is 56.4 Å². The van der Waals surface area contributed by atoms with E-state index in [0.717, 1.165) is 5.52 Å². The van der Waals surface area contributed by atoms with Gasteiger partial charge in [0, 0.05) is 29.9 Å². The van der Waals surface area contributed by atoms with Crippen LogP contribution < -0.4 is 5.56 Å². The zero-order valence-electron chi connectivity index (χ0n) is 24.0. The zero-order valence-corrected chi connectivity index (χ0v) is 24.8. The fourth-order valence-corrected chi connectivity index (χ4v) is 5.06. The van der Waals surface area contributed by atoms with Crippen molar-refractivity contribution in [3.8, 4) is 11.1 Å². The van der Waals surface area contributed by atoms with Gasteiger partial charge in [-0.1, -0.05) is 11.6 Å². The minimum absolute atomic E-state index is 0.0821. The quantitative estimate of drug-likeness (QED) is 0.144. The van der Waals surface area contributed by atoms with Crippen molar-refractivity contribution in [2.75, 3.05) is 27.2 Å². The normalized spacial score (nSPS) is 11.7. The van der Waals surface area contributed by atoms with E-state index in [-0.39, 0.29) is 35.4 Å². The van der Waals surface area contributed by atoms with E-state index in [4.69, 9.17) is 30.7 Å². The number of alkyl halides is 3. The van der Waals surface area contributed by atoms with E-state index < -0.39 is 29.5 Å². The number of H-pyrrole nitrogens is 2. The SMILES string of the molecule is CN(C)CCOC(=O)c1c(-c2ccc[nH]c2=O)c2c3occc3c(F)cc2n1Cc1cc2[nH]cnc2cc1Cl.O=C(O)C(F)(F)F. The molecular weight excluding hydrogens is 638 g/mol. The first-order valence-corrected chi connectivity index (χ1v) is 13.8. The zero-order chi connectivity index (χ0) is 33.3. The number of aromatic amines is 2. The van der Waals surface area contributed by atoms with E-state index in [1.165, 1.54) is 24.6 Å². The van der Waals surface area contributed by atoms with Gasteiger partial charge in [0.2, 0.25) is 0 Å². The number of aromatic nitrogens is 4. The van der Waals surface area contributed by atoms with Crippen molar-refractivity contribution in [2.24, 2.45) is 0 Å². The molecule has 0 radical (unpaired) electrons. The third-order valence-corrected chi connectivity index (χ3v) is 7.28. The molecular formula is C30H24ClF4N5O6. The Labute approximate surface area is 260 Å². The Kier molecular flexibility index (Phi) is 8.90. The summed E-state index contributed by atoms with van der Waals surface area (Å²) in [5.74, 6) is -3.95. The Bertz CT molecular complexity index is 2150. The molecule has 0 saturated carbocycles. The van der Waals surface area contributed by atoms with Crippen molar-refractivity contribution in [1.82, 2.24) is 24.4 Å². The fraction of sp³-hybridized carbons (Fsp3) is 0.200. The molecule has 0 amide bonds. The van der Waals surface area contributed by atoms with Gasteiger partial charge in [-0.15, -0.1) is 0 Å². The van der Waals surface area contributed by atoms with Gasteiger partial charge in [0.25, 0.3) is 5.56 Å². The van der Waals surface area contributed by atoms with Crippen LogP contribution in [0.4, 0.5) is 17.6 Å². The highest BCUT2D eigenvalue weighted by Crippen LogP contribution is 2.41. The Morgan fingerprint density at radius 1 is 1.17 bits per heavy atom. The number of furan rings is 1. The van der Waals surface area contributed by atoms with Crippen LogP contribution in [0.3, 0.4) is 0 Å². The standard InChI is InChI=1S/C28H23ClFN5O4.C2HF3O2/c1-34(2)7-9-39-28(37)25-23(17-4-3-6-31-27(17)36)24-22(12-19(30)16-5-8-38-26(16)24)35(25)13-15-10-20-21(11-18(15)29)33-14-32-20;3-2(4,5)1(6)7/h3-6,8,10-12,14H,7,9,13H2,1-2H3,(H,31,36)(H,32,33);(H,6,7). The third kappa shape index (κ3) is 6.32. The van der Waals surface area contributed by atoms with Gasteiger partial charge in [-0.2, -0.15) is 13.2 Å². The Morgan fingerprint density at radius 3 is 2.59 bits per heavy atom. The van der Waals surface area contributed by atoms with Gasteiger partial charge in [0.05, 0.1) is 45.5 Å². The van der Waals surface area contributed by atoms with E-state index >= 15 is 4.39 Å². The van der Waals surface area contributed by atoms with Gasteiger partial charge in [-0.3, -0.25) is 4.79 Å². The van der Waals surface area contributed by atoms with E-state index in [2.05, 4.69) is 15.0 Å². The number of benzene rings is 2. The van der Waals surface area contributed by atoms with Gasteiger partial charge < -0.3 is 33.7 Å². The lowest BCUT2D eigenvalue weighted by molar-refractivity contribution is -0.192. The second kappa shape index (κ2) is 12.7. The van der Waals surface area contributed by atoms with Crippen LogP contribution in [-0.4, -0.2) is 74.9 Å². The first-order valence-electron chi connectivity index (χ1n) is 13.4. The van der Waals surface area contributed by atoms with Crippen molar-refractivity contribution < 1.29 is 41.4 Å². The van der Waals surface area contributed by atoms with Crippen molar-refractivity contribution in [3.05, 3.63) is 87.6 Å². The lowest BCUT2D eigenvalue weighted by Gasteiger charge is -2.14. The lowest BCUT2D eigenvalue weighted by Crippen LogP contribution is -2.22. The molecule has 0 saturated heterocycles. The molecule has 0 aliphatic heterocycles. The second-order valence-corrected chi connectivity index (χ2v) is 10.7. The van der Waals surface area contributed by atoms with Crippen LogP contribution in [0.2, 0.25) is 5.02 Å². The number of esters is 1. The topological polar surface area (TPSA) is 146 Å². The number of carboxylic acids is 1. The molecule has 0 bridgehead atoms. The average Bonchev–Trinajstić information content (AvgIpc) is 3.71. The Morgan fingerprint density at radius 2 is 1.91 bits per heavy atom. The van der Waals surface area contributed by atoms with Crippen molar-refractivity contribution in [2.45, 2.75) is 12.7 Å². The summed E-state index contributed by atoms with van der Waals surface area (Å²) in [6.45, 7) is 0.689. The van der Waals surface area contributed by atoms with Gasteiger partial charge in [-0.25, -0.2) is 19.0 Å². The number of fused-ring (bicyclic) bond motifs is 4. The molecule has 0 aliphatic rings. The van der Waals surface area contributed by atoms with Crippen LogP contribution in [0.1, 0.15) is 16.1 Å². The first-order chi connectivity index (χ1) is 21.8. The molecule has 6 aromatic rings. The molecule has 4 aromatic heterocycles. The third-order valence-electron chi connectivity index (χ3n) is 6.93. The molecule has 0 spiro atoms. The number of carbonyl (C=O) groups excluding carboxylic acids is 1. The number of rotatable bonds is 7. The summed E-state index contributed by atoms with van der Waals surface area (Å²) in [5.41, 5.74) is 2.85. The number of halogens is 5. The summed E-state index contributed by atoms with van der Waals surface area (Å²) in [6, 6.07) is 9.67. The summed E-state index contributed by atoms with van der Waals surface area (Å²) in [4.78, 5) is 47.6. The molecule has 240 valence electrons. The van der Waals surface area contributed by atoms with E-state index in [0.29, 0.717) is 39.1 Å². The highest BCUT2D eigenvalue weighted by Gasteiger charge is 2.38. The van der Waals surface area contributed by atoms with Gasteiger partial charge in [0.1, 0.15) is 23.7 Å². The molecule has 0 atom stereocenters. The van der Waals surface area contributed by atoms with Crippen LogP contribution in [0, 0.1) is 5.82 Å². The van der Waals surface area contributed by atoms with E-state index in [1.807, 2.05) is 25.1 Å². The summed E-state index contributed by atoms with van der Waals surface area (Å²) in [7, 11) is 3.73. The van der Waals surface area contributed by atoms with Crippen LogP contribution >= 0.6 is 11.6 Å². The predicted octanol–water partition coefficient (Wildman–Crippen LogP) is 5.81. The smallest absolute Gasteiger partial charge is 0.475 e. The summed E-state index contributed by atoms with van der Waals surface area (Å²) in [6.07, 6.45) is -0.643. The van der Waals surface area contributed by atoms with E-state index in [9.17, 15) is 22.8 Å². The average molecular weight is 662 g/mol. The van der Waals surface area contributed by atoms with Crippen LogP contribution in [0.5, 0.6) is 0 Å². The number of pyridine rings is 1. The Balaban J connectivity index is 0.000000537. The predicted molar refractivity (Wildman–Crippen MR) is 160 cm³/mol. The maximum atomic E-state index is 15.3. The van der Waals surface area contributed by atoms with Crippen LogP contribution in [0.25, 0.3) is 44.0 Å². The Hall–Kier alpha value is -5.15. The fourth-order valence-electron chi connectivity index (χ4n) is 4.84. The number of carboxylic acid groups (broad SMARTS) is 1. The number of aliphatic carboxylic acids is 1. The molecule has 4 heterocycles. The summed E-state index contributed by atoms with van der Waals surface area (Å²) >= 11 is 6.63. The summed E-state index contributed by atoms with van der Waals surface area (Å²) < 4.78 is 60.1. The number of nitrogens with one attached hydrogen (secondary N) is 2. The molecule has 3 N–H and O–H groups in total.